The number of hydrogen-bond acceptors (Lipinski definition) is 1. The fourth-order valence-corrected chi connectivity index (χ4v) is 9.61. The van der Waals surface area contributed by atoms with Crippen molar-refractivity contribution in [1.82, 2.24) is 0 Å². The molecular weight excluding hydrogens is 699 g/mol. The SMILES string of the molecule is CC1(C)c2ccccc2-c2ccc(N(c3ccc(-c4cccc5ccccc45)cc3)c3cccc(-c4cccc5c4ccc4c(-c6ccccc6)cccc45)c3)cc21. The number of fused-ring (bicyclic) bond motifs is 7. The first-order valence-electron chi connectivity index (χ1n) is 20.3. The lowest BCUT2D eigenvalue weighted by Crippen LogP contribution is -2.16. The van der Waals surface area contributed by atoms with E-state index < -0.39 is 0 Å². The molecule has 0 atom stereocenters. The van der Waals surface area contributed by atoms with Gasteiger partial charge < -0.3 is 4.90 Å². The van der Waals surface area contributed by atoms with Crippen LogP contribution in [0.4, 0.5) is 17.1 Å². The zero-order chi connectivity index (χ0) is 38.8. The van der Waals surface area contributed by atoms with Crippen molar-refractivity contribution >= 4 is 49.4 Å². The molecule has 0 aromatic heterocycles. The van der Waals surface area contributed by atoms with E-state index in [1.807, 2.05) is 0 Å². The van der Waals surface area contributed by atoms with Gasteiger partial charge in [0.25, 0.3) is 0 Å². The number of hydrogen-bond donors (Lipinski definition) is 0. The Labute approximate surface area is 340 Å². The fourth-order valence-electron chi connectivity index (χ4n) is 9.61. The highest BCUT2D eigenvalue weighted by Crippen LogP contribution is 2.51. The van der Waals surface area contributed by atoms with Crippen molar-refractivity contribution in [2.45, 2.75) is 19.3 Å². The van der Waals surface area contributed by atoms with E-state index in [0.29, 0.717) is 0 Å². The summed E-state index contributed by atoms with van der Waals surface area (Å²) in [6, 6.07) is 78.2. The van der Waals surface area contributed by atoms with Gasteiger partial charge in [0.1, 0.15) is 0 Å². The summed E-state index contributed by atoms with van der Waals surface area (Å²) >= 11 is 0. The van der Waals surface area contributed by atoms with Crippen molar-refractivity contribution in [1.29, 1.82) is 0 Å². The molecule has 0 heterocycles. The number of nitrogens with zero attached hydrogens (tertiary/aromatic N) is 1. The molecule has 1 aliphatic rings. The van der Waals surface area contributed by atoms with Gasteiger partial charge in [-0.05, 0) is 124 Å². The summed E-state index contributed by atoms with van der Waals surface area (Å²) < 4.78 is 0. The molecular formula is C57H41N. The molecule has 0 amide bonds. The van der Waals surface area contributed by atoms with Crippen molar-refractivity contribution in [3.05, 3.63) is 223 Å². The Morgan fingerprint density at radius 2 is 0.793 bits per heavy atom. The lowest BCUT2D eigenvalue weighted by atomic mass is 9.82. The molecule has 0 fully saturated rings. The van der Waals surface area contributed by atoms with Crippen LogP contribution in [0.25, 0.3) is 76.8 Å². The highest BCUT2D eigenvalue weighted by atomic mass is 15.1. The molecule has 0 spiro atoms. The van der Waals surface area contributed by atoms with Crippen LogP contribution in [0.2, 0.25) is 0 Å². The summed E-state index contributed by atoms with van der Waals surface area (Å²) in [5.74, 6) is 0. The van der Waals surface area contributed by atoms with Gasteiger partial charge in [0.15, 0.2) is 0 Å². The van der Waals surface area contributed by atoms with Crippen LogP contribution in [0.1, 0.15) is 25.0 Å². The fraction of sp³-hybridized carbons (Fsp3) is 0.0526. The second-order valence-corrected chi connectivity index (χ2v) is 16.1. The number of benzene rings is 10. The van der Waals surface area contributed by atoms with Crippen LogP contribution in [0.3, 0.4) is 0 Å². The smallest absolute Gasteiger partial charge is 0.0467 e. The minimum Gasteiger partial charge on any atom is -0.310 e. The van der Waals surface area contributed by atoms with Gasteiger partial charge in [-0.15, -0.1) is 0 Å². The van der Waals surface area contributed by atoms with E-state index in [2.05, 4.69) is 231 Å². The van der Waals surface area contributed by atoms with E-state index in [0.717, 1.165) is 17.1 Å². The van der Waals surface area contributed by atoms with Crippen molar-refractivity contribution < 1.29 is 0 Å². The minimum absolute atomic E-state index is 0.111. The quantitative estimate of drug-likeness (QED) is 0.154. The average Bonchev–Trinajstić information content (AvgIpc) is 3.51. The highest BCUT2D eigenvalue weighted by molar-refractivity contribution is 6.15. The molecule has 0 radical (unpaired) electrons. The topological polar surface area (TPSA) is 3.24 Å². The number of rotatable bonds is 6. The van der Waals surface area contributed by atoms with E-state index >= 15 is 0 Å². The molecule has 58 heavy (non-hydrogen) atoms. The number of anilines is 3. The van der Waals surface area contributed by atoms with Crippen LogP contribution in [-0.2, 0) is 5.41 Å². The predicted molar refractivity (Wildman–Crippen MR) is 248 cm³/mol. The molecule has 0 unspecified atom stereocenters. The third kappa shape index (κ3) is 5.46. The molecule has 0 N–H and O–H groups in total. The van der Waals surface area contributed by atoms with Crippen molar-refractivity contribution in [2.24, 2.45) is 0 Å². The molecule has 0 bridgehead atoms. The second kappa shape index (κ2) is 13.5. The Hall–Kier alpha value is -7.22. The van der Waals surface area contributed by atoms with Gasteiger partial charge in [0.2, 0.25) is 0 Å². The van der Waals surface area contributed by atoms with Crippen molar-refractivity contribution in [3.8, 4) is 44.5 Å². The summed E-state index contributed by atoms with van der Waals surface area (Å²) in [6.45, 7) is 4.72. The van der Waals surface area contributed by atoms with Crippen LogP contribution in [0.15, 0.2) is 212 Å². The van der Waals surface area contributed by atoms with Gasteiger partial charge in [-0.1, -0.05) is 190 Å². The monoisotopic (exact) mass is 739 g/mol. The van der Waals surface area contributed by atoms with Crippen LogP contribution in [0, 0.1) is 0 Å². The molecule has 0 saturated heterocycles. The average molecular weight is 740 g/mol. The Morgan fingerprint density at radius 1 is 0.293 bits per heavy atom. The van der Waals surface area contributed by atoms with Gasteiger partial charge in [-0.25, -0.2) is 0 Å². The Bertz CT molecular complexity index is 3180. The molecule has 1 heteroatoms. The lowest BCUT2D eigenvalue weighted by Gasteiger charge is -2.28. The van der Waals surface area contributed by atoms with Gasteiger partial charge in [0, 0.05) is 22.5 Å². The normalized spacial score (nSPS) is 12.8. The summed E-state index contributed by atoms with van der Waals surface area (Å²) in [4.78, 5) is 2.43. The molecule has 0 saturated carbocycles. The van der Waals surface area contributed by atoms with Crippen LogP contribution in [-0.4, -0.2) is 0 Å². The second-order valence-electron chi connectivity index (χ2n) is 16.1. The van der Waals surface area contributed by atoms with Crippen molar-refractivity contribution in [2.75, 3.05) is 4.90 Å². The first-order valence-corrected chi connectivity index (χ1v) is 20.3. The molecule has 10 aromatic rings. The Morgan fingerprint density at radius 3 is 1.57 bits per heavy atom. The summed E-state index contributed by atoms with van der Waals surface area (Å²) in [6.07, 6.45) is 0. The molecule has 1 nitrogen and oxygen atoms in total. The van der Waals surface area contributed by atoms with E-state index in [1.165, 1.54) is 88.0 Å². The first-order chi connectivity index (χ1) is 28.5. The third-order valence-electron chi connectivity index (χ3n) is 12.5. The third-order valence-corrected chi connectivity index (χ3v) is 12.5. The van der Waals surface area contributed by atoms with Gasteiger partial charge in [-0.2, -0.15) is 0 Å². The molecule has 11 rings (SSSR count). The maximum absolute atomic E-state index is 2.43. The van der Waals surface area contributed by atoms with Crippen molar-refractivity contribution in [3.63, 3.8) is 0 Å². The van der Waals surface area contributed by atoms with E-state index in [9.17, 15) is 0 Å². The van der Waals surface area contributed by atoms with Gasteiger partial charge >= 0.3 is 0 Å². The molecule has 0 aliphatic heterocycles. The first kappa shape index (κ1) is 34.1. The van der Waals surface area contributed by atoms with Crippen LogP contribution in [0.5, 0.6) is 0 Å². The zero-order valence-electron chi connectivity index (χ0n) is 32.7. The van der Waals surface area contributed by atoms with E-state index in [1.54, 1.807) is 0 Å². The zero-order valence-corrected chi connectivity index (χ0v) is 32.7. The highest BCUT2D eigenvalue weighted by Gasteiger charge is 2.35. The van der Waals surface area contributed by atoms with E-state index in [-0.39, 0.29) is 5.41 Å². The largest absolute Gasteiger partial charge is 0.310 e. The summed E-state index contributed by atoms with van der Waals surface area (Å²) in [7, 11) is 0. The predicted octanol–water partition coefficient (Wildman–Crippen LogP) is 15.9. The van der Waals surface area contributed by atoms with Gasteiger partial charge in [-0.3, -0.25) is 0 Å². The standard InChI is InChI=1S/C57H41N/c1-57(2)55-27-9-8-21-53(55)54-33-32-44(37-56(54)57)58(42-30-28-40(29-31-42)46-22-11-17-39-16-6-7-20-45(39)46)43-19-10-18-41(36-43)48-24-13-26-50-49-25-12-23-47(38-14-4-3-5-15-38)51(49)34-35-52(48)50/h3-37H,1-2H3. The minimum atomic E-state index is -0.111. The Balaban J connectivity index is 1.06. The molecule has 1 aliphatic carbocycles. The van der Waals surface area contributed by atoms with Crippen LogP contribution >= 0.6 is 0 Å². The molecule has 274 valence electrons. The van der Waals surface area contributed by atoms with Gasteiger partial charge in [0.05, 0.1) is 0 Å². The molecule has 10 aromatic carbocycles. The maximum atomic E-state index is 2.43. The maximum Gasteiger partial charge on any atom is 0.0467 e. The summed E-state index contributed by atoms with van der Waals surface area (Å²) in [5, 5.41) is 7.57. The van der Waals surface area contributed by atoms with E-state index in [4.69, 9.17) is 0 Å². The summed E-state index contributed by atoms with van der Waals surface area (Å²) in [5.41, 5.74) is 16.0. The lowest BCUT2D eigenvalue weighted by molar-refractivity contribution is 0.660. The van der Waals surface area contributed by atoms with Crippen LogP contribution < -0.4 is 4.90 Å². The Kier molecular flexibility index (Phi) is 7.91.